The van der Waals surface area contributed by atoms with Gasteiger partial charge in [-0.25, -0.2) is 0 Å². The van der Waals surface area contributed by atoms with Crippen molar-refractivity contribution in [1.82, 2.24) is 15.2 Å². The molecule has 0 fully saturated rings. The molecule has 98 valence electrons. The number of halogens is 2. The van der Waals surface area contributed by atoms with Gasteiger partial charge in [0.05, 0.1) is 5.56 Å². The fraction of sp³-hybridized carbons (Fsp3) is 0.455. The number of amides is 1. The topological polar surface area (TPSA) is 45.2 Å². The predicted molar refractivity (Wildman–Crippen MR) is 74.4 cm³/mol. The molecule has 0 radical (unpaired) electrons. The van der Waals surface area contributed by atoms with E-state index in [-0.39, 0.29) is 30.7 Å². The first kappa shape index (κ1) is 18.5. The lowest BCUT2D eigenvalue weighted by Gasteiger charge is -2.16. The van der Waals surface area contributed by atoms with Crippen LogP contribution in [0, 0.1) is 6.92 Å². The number of pyridine rings is 1. The standard InChI is InChI=1S/C11H17N3O.2ClH/c1-9-4-5-10(8-13-9)11(15)14(3)7-6-12-2;;/h4-5,8,12H,6-7H2,1-3H3;2*1H. The number of nitrogens with zero attached hydrogens (tertiary/aromatic N) is 2. The van der Waals surface area contributed by atoms with Crippen LogP contribution >= 0.6 is 24.8 Å². The van der Waals surface area contributed by atoms with Crippen molar-refractivity contribution in [2.45, 2.75) is 6.92 Å². The van der Waals surface area contributed by atoms with Gasteiger partial charge in [-0.05, 0) is 26.1 Å². The van der Waals surface area contributed by atoms with Gasteiger partial charge in [0, 0.05) is 32.0 Å². The van der Waals surface area contributed by atoms with Crippen LogP contribution in [0.3, 0.4) is 0 Å². The maximum atomic E-state index is 11.8. The van der Waals surface area contributed by atoms with Crippen molar-refractivity contribution >= 4 is 30.7 Å². The Bertz CT molecular complexity index is 330. The van der Waals surface area contributed by atoms with Gasteiger partial charge in [-0.1, -0.05) is 0 Å². The van der Waals surface area contributed by atoms with E-state index in [4.69, 9.17) is 0 Å². The van der Waals surface area contributed by atoms with Crippen LogP contribution in [-0.4, -0.2) is 43.0 Å². The van der Waals surface area contributed by atoms with E-state index in [9.17, 15) is 4.79 Å². The minimum Gasteiger partial charge on any atom is -0.340 e. The lowest BCUT2D eigenvalue weighted by atomic mass is 10.2. The first-order chi connectivity index (χ1) is 7.15. The predicted octanol–water partition coefficient (Wildman–Crippen LogP) is 1.53. The first-order valence-corrected chi connectivity index (χ1v) is 4.98. The van der Waals surface area contributed by atoms with Crippen LogP contribution in [0.4, 0.5) is 0 Å². The summed E-state index contributed by atoms with van der Waals surface area (Å²) >= 11 is 0. The average molecular weight is 280 g/mol. The van der Waals surface area contributed by atoms with Crippen molar-refractivity contribution in [3.05, 3.63) is 29.6 Å². The number of rotatable bonds is 4. The largest absolute Gasteiger partial charge is 0.340 e. The summed E-state index contributed by atoms with van der Waals surface area (Å²) in [7, 11) is 3.66. The molecule has 1 aromatic heterocycles. The Hall–Kier alpha value is -0.840. The number of hydrogen-bond acceptors (Lipinski definition) is 3. The van der Waals surface area contributed by atoms with Crippen molar-refractivity contribution in [2.75, 3.05) is 27.2 Å². The molecule has 0 aliphatic carbocycles. The smallest absolute Gasteiger partial charge is 0.255 e. The number of carbonyl (C=O) groups excluding carboxylic acids is 1. The third-order valence-electron chi connectivity index (χ3n) is 2.20. The quantitative estimate of drug-likeness (QED) is 0.909. The summed E-state index contributed by atoms with van der Waals surface area (Å²) in [5.41, 5.74) is 1.56. The number of aryl methyl sites for hydroxylation is 1. The second-order valence-corrected chi connectivity index (χ2v) is 3.52. The molecule has 0 atom stereocenters. The summed E-state index contributed by atoms with van der Waals surface area (Å²) in [5, 5.41) is 3.00. The monoisotopic (exact) mass is 279 g/mol. The Labute approximate surface area is 115 Å². The summed E-state index contributed by atoms with van der Waals surface area (Å²) < 4.78 is 0. The highest BCUT2D eigenvalue weighted by Gasteiger charge is 2.10. The number of nitrogens with one attached hydrogen (secondary N) is 1. The summed E-state index contributed by atoms with van der Waals surface area (Å²) in [4.78, 5) is 17.6. The van der Waals surface area contributed by atoms with Crippen LogP contribution in [0.1, 0.15) is 16.1 Å². The zero-order valence-electron chi connectivity index (χ0n) is 10.3. The van der Waals surface area contributed by atoms with Gasteiger partial charge < -0.3 is 10.2 Å². The molecule has 6 heteroatoms. The van der Waals surface area contributed by atoms with Gasteiger partial charge in [0.25, 0.3) is 5.91 Å². The fourth-order valence-corrected chi connectivity index (χ4v) is 1.20. The summed E-state index contributed by atoms with van der Waals surface area (Å²) in [6, 6.07) is 3.65. The van der Waals surface area contributed by atoms with Gasteiger partial charge in [0.2, 0.25) is 0 Å². The molecule has 0 unspecified atom stereocenters. The summed E-state index contributed by atoms with van der Waals surface area (Å²) in [5.74, 6) is 0.0118. The molecule has 17 heavy (non-hydrogen) atoms. The summed E-state index contributed by atoms with van der Waals surface area (Å²) in [6.07, 6.45) is 1.62. The van der Waals surface area contributed by atoms with E-state index in [1.54, 1.807) is 24.2 Å². The Kier molecular flexibility index (Phi) is 10.0. The van der Waals surface area contributed by atoms with E-state index in [1.165, 1.54) is 0 Å². The van der Waals surface area contributed by atoms with Crippen LogP contribution in [0.15, 0.2) is 18.3 Å². The minimum absolute atomic E-state index is 0. The number of hydrogen-bond donors (Lipinski definition) is 1. The molecule has 0 aliphatic heterocycles. The van der Waals surface area contributed by atoms with Crippen LogP contribution in [0.5, 0.6) is 0 Å². The molecule has 0 aromatic carbocycles. The van der Waals surface area contributed by atoms with E-state index in [2.05, 4.69) is 10.3 Å². The highest BCUT2D eigenvalue weighted by atomic mass is 35.5. The lowest BCUT2D eigenvalue weighted by Crippen LogP contribution is -2.32. The number of aromatic nitrogens is 1. The maximum absolute atomic E-state index is 11.8. The zero-order chi connectivity index (χ0) is 11.3. The molecule has 0 saturated carbocycles. The van der Waals surface area contributed by atoms with E-state index in [1.807, 2.05) is 20.0 Å². The van der Waals surface area contributed by atoms with E-state index in [0.29, 0.717) is 12.1 Å². The molecule has 0 spiro atoms. The Balaban J connectivity index is 0. The van der Waals surface area contributed by atoms with Gasteiger partial charge in [0.1, 0.15) is 0 Å². The van der Waals surface area contributed by atoms with Crippen molar-refractivity contribution in [2.24, 2.45) is 0 Å². The first-order valence-electron chi connectivity index (χ1n) is 4.98. The van der Waals surface area contributed by atoms with Gasteiger partial charge >= 0.3 is 0 Å². The Morgan fingerprint density at radius 3 is 2.53 bits per heavy atom. The number of likely N-dealkylation sites (N-methyl/N-ethyl adjacent to an activating group) is 2. The molecule has 0 saturated heterocycles. The zero-order valence-corrected chi connectivity index (χ0v) is 11.9. The van der Waals surface area contributed by atoms with Crippen molar-refractivity contribution in [1.29, 1.82) is 0 Å². The second kappa shape index (κ2) is 9.22. The molecule has 4 nitrogen and oxygen atoms in total. The highest BCUT2D eigenvalue weighted by Crippen LogP contribution is 2.02. The van der Waals surface area contributed by atoms with Crippen LogP contribution in [0.25, 0.3) is 0 Å². The molecule has 1 amide bonds. The minimum atomic E-state index is 0. The van der Waals surface area contributed by atoms with E-state index in [0.717, 1.165) is 12.2 Å². The molecule has 1 N–H and O–H groups in total. The van der Waals surface area contributed by atoms with Gasteiger partial charge in [-0.15, -0.1) is 24.8 Å². The molecule has 1 aromatic rings. The van der Waals surface area contributed by atoms with Crippen molar-refractivity contribution < 1.29 is 4.79 Å². The third-order valence-corrected chi connectivity index (χ3v) is 2.20. The van der Waals surface area contributed by atoms with Crippen LogP contribution < -0.4 is 5.32 Å². The lowest BCUT2D eigenvalue weighted by molar-refractivity contribution is 0.0796. The van der Waals surface area contributed by atoms with Crippen molar-refractivity contribution in [3.63, 3.8) is 0 Å². The molecular formula is C11H19Cl2N3O. The van der Waals surface area contributed by atoms with Crippen molar-refractivity contribution in [3.8, 4) is 0 Å². The second-order valence-electron chi connectivity index (χ2n) is 3.52. The Morgan fingerprint density at radius 1 is 1.41 bits per heavy atom. The molecule has 0 bridgehead atoms. The SMILES string of the molecule is CNCCN(C)C(=O)c1ccc(C)nc1.Cl.Cl. The normalized spacial score (nSPS) is 8.88. The number of carbonyl (C=O) groups is 1. The van der Waals surface area contributed by atoms with Gasteiger partial charge in [0.15, 0.2) is 0 Å². The highest BCUT2D eigenvalue weighted by molar-refractivity contribution is 5.93. The van der Waals surface area contributed by atoms with Crippen LogP contribution in [-0.2, 0) is 0 Å². The van der Waals surface area contributed by atoms with E-state index < -0.39 is 0 Å². The Morgan fingerprint density at radius 2 is 2.06 bits per heavy atom. The maximum Gasteiger partial charge on any atom is 0.255 e. The average Bonchev–Trinajstić information content (AvgIpc) is 2.26. The van der Waals surface area contributed by atoms with Gasteiger partial charge in [-0.3, -0.25) is 9.78 Å². The van der Waals surface area contributed by atoms with Crippen LogP contribution in [0.2, 0.25) is 0 Å². The fourth-order valence-electron chi connectivity index (χ4n) is 1.20. The summed E-state index contributed by atoms with van der Waals surface area (Å²) in [6.45, 7) is 3.39. The van der Waals surface area contributed by atoms with Gasteiger partial charge in [-0.2, -0.15) is 0 Å². The molecule has 1 heterocycles. The van der Waals surface area contributed by atoms with E-state index >= 15 is 0 Å². The molecular weight excluding hydrogens is 261 g/mol. The molecule has 1 rings (SSSR count). The molecule has 0 aliphatic rings. The third kappa shape index (κ3) is 5.86.